The van der Waals surface area contributed by atoms with E-state index in [4.69, 9.17) is 0 Å². The van der Waals surface area contributed by atoms with E-state index in [0.717, 1.165) is 39.0 Å². The summed E-state index contributed by atoms with van der Waals surface area (Å²) >= 11 is 0. The lowest BCUT2D eigenvalue weighted by Gasteiger charge is -2.39. The predicted octanol–water partition coefficient (Wildman–Crippen LogP) is 1.07. The highest BCUT2D eigenvalue weighted by Gasteiger charge is 2.29. The van der Waals surface area contributed by atoms with Crippen LogP contribution in [0, 0.1) is 0 Å². The number of rotatable bonds is 3. The minimum absolute atomic E-state index is 0.269. The van der Waals surface area contributed by atoms with Crippen LogP contribution in [0.2, 0.25) is 0 Å². The number of hydrogen-bond acceptors (Lipinski definition) is 3. The Morgan fingerprint density at radius 2 is 1.72 bits per heavy atom. The van der Waals surface area contributed by atoms with Crippen LogP contribution in [0.15, 0.2) is 0 Å². The van der Waals surface area contributed by atoms with E-state index < -0.39 is 0 Å². The van der Waals surface area contributed by atoms with Crippen molar-refractivity contribution >= 4 is 5.91 Å². The van der Waals surface area contributed by atoms with Gasteiger partial charge in [-0.2, -0.15) is 0 Å². The highest BCUT2D eigenvalue weighted by Crippen LogP contribution is 2.21. The van der Waals surface area contributed by atoms with Gasteiger partial charge in [0.2, 0.25) is 5.91 Å². The molecule has 4 heteroatoms. The topological polar surface area (TPSA) is 35.6 Å². The molecule has 0 atom stereocenters. The number of likely N-dealkylation sites (tertiary alicyclic amines) is 2. The fraction of sp³-hybridized carbons (Fsp3) is 0.929. The minimum atomic E-state index is 0.269. The number of amides is 1. The van der Waals surface area contributed by atoms with Crippen LogP contribution in [-0.2, 0) is 4.79 Å². The molecule has 0 unspecified atom stereocenters. The molecule has 4 nitrogen and oxygen atoms in total. The molecule has 1 N–H and O–H groups in total. The van der Waals surface area contributed by atoms with Gasteiger partial charge in [-0.05, 0) is 46.1 Å². The van der Waals surface area contributed by atoms with Gasteiger partial charge in [0.15, 0.2) is 0 Å². The van der Waals surface area contributed by atoms with Gasteiger partial charge < -0.3 is 10.2 Å². The zero-order valence-electron chi connectivity index (χ0n) is 11.9. The van der Waals surface area contributed by atoms with Crippen LogP contribution in [0.25, 0.3) is 0 Å². The zero-order chi connectivity index (χ0) is 13.0. The summed E-state index contributed by atoms with van der Waals surface area (Å²) in [4.78, 5) is 16.5. The van der Waals surface area contributed by atoms with E-state index in [1.165, 1.54) is 19.3 Å². The molecule has 2 saturated heterocycles. The number of carbonyl (C=O) groups is 1. The number of piperidine rings is 2. The maximum Gasteiger partial charge on any atom is 0.236 e. The number of nitrogens with zero attached hydrogens (tertiary/aromatic N) is 2. The first-order chi connectivity index (χ1) is 8.63. The molecule has 0 aliphatic carbocycles. The molecule has 0 radical (unpaired) electrons. The van der Waals surface area contributed by atoms with Crippen molar-refractivity contribution in [3.63, 3.8) is 0 Å². The standard InChI is InChI=1S/C14H27N3O/c1-14(15-2)6-10-16(11-7-14)12-13(18)17-8-4-3-5-9-17/h15H,3-12H2,1-2H3. The molecule has 104 valence electrons. The van der Waals surface area contributed by atoms with Crippen molar-refractivity contribution in [3.8, 4) is 0 Å². The van der Waals surface area contributed by atoms with E-state index in [0.29, 0.717) is 12.5 Å². The Hall–Kier alpha value is -0.610. The summed E-state index contributed by atoms with van der Waals surface area (Å²) in [6.45, 7) is 6.92. The highest BCUT2D eigenvalue weighted by atomic mass is 16.2. The van der Waals surface area contributed by atoms with Crippen molar-refractivity contribution in [1.82, 2.24) is 15.1 Å². The third kappa shape index (κ3) is 3.45. The molecule has 2 fully saturated rings. The molecular formula is C14H27N3O. The Bertz CT molecular complexity index is 279. The SMILES string of the molecule is CNC1(C)CCN(CC(=O)N2CCCCC2)CC1. The molecule has 18 heavy (non-hydrogen) atoms. The molecule has 0 aromatic rings. The lowest BCUT2D eigenvalue weighted by atomic mass is 9.90. The summed E-state index contributed by atoms with van der Waals surface area (Å²) in [5.74, 6) is 0.336. The third-order valence-electron chi connectivity index (χ3n) is 4.63. The molecule has 2 heterocycles. The van der Waals surface area contributed by atoms with Gasteiger partial charge in [-0.3, -0.25) is 9.69 Å². The monoisotopic (exact) mass is 253 g/mol. The second kappa shape index (κ2) is 6.02. The van der Waals surface area contributed by atoms with Crippen LogP contribution >= 0.6 is 0 Å². The fourth-order valence-corrected chi connectivity index (χ4v) is 2.89. The van der Waals surface area contributed by atoms with Gasteiger partial charge in [0.1, 0.15) is 0 Å². The number of hydrogen-bond donors (Lipinski definition) is 1. The second-order valence-corrected chi connectivity index (χ2v) is 6.03. The van der Waals surface area contributed by atoms with Crippen molar-refractivity contribution in [3.05, 3.63) is 0 Å². The molecule has 0 saturated carbocycles. The summed E-state index contributed by atoms with van der Waals surface area (Å²) in [7, 11) is 2.04. The largest absolute Gasteiger partial charge is 0.342 e. The Morgan fingerprint density at radius 3 is 2.28 bits per heavy atom. The normalized spacial score (nSPS) is 25.1. The zero-order valence-corrected chi connectivity index (χ0v) is 11.9. The van der Waals surface area contributed by atoms with Crippen LogP contribution in [0.4, 0.5) is 0 Å². The van der Waals surface area contributed by atoms with Crippen molar-refractivity contribution in [1.29, 1.82) is 0 Å². The van der Waals surface area contributed by atoms with E-state index in [1.54, 1.807) is 0 Å². The summed E-state index contributed by atoms with van der Waals surface area (Å²) in [6, 6.07) is 0. The average molecular weight is 253 g/mol. The maximum atomic E-state index is 12.2. The van der Waals surface area contributed by atoms with Gasteiger partial charge in [0.25, 0.3) is 0 Å². The Morgan fingerprint density at radius 1 is 1.11 bits per heavy atom. The first-order valence-electron chi connectivity index (χ1n) is 7.32. The van der Waals surface area contributed by atoms with E-state index in [9.17, 15) is 4.79 Å². The van der Waals surface area contributed by atoms with Crippen LogP contribution in [0.1, 0.15) is 39.0 Å². The summed E-state index contributed by atoms with van der Waals surface area (Å²) in [5.41, 5.74) is 0.269. The molecule has 2 rings (SSSR count). The minimum Gasteiger partial charge on any atom is -0.342 e. The summed E-state index contributed by atoms with van der Waals surface area (Å²) in [5, 5.41) is 3.40. The maximum absolute atomic E-state index is 12.2. The van der Waals surface area contributed by atoms with Crippen molar-refractivity contribution in [2.24, 2.45) is 0 Å². The van der Waals surface area contributed by atoms with Gasteiger partial charge in [0, 0.05) is 31.7 Å². The smallest absolute Gasteiger partial charge is 0.236 e. The third-order valence-corrected chi connectivity index (χ3v) is 4.63. The molecule has 0 bridgehead atoms. The quantitative estimate of drug-likeness (QED) is 0.817. The lowest BCUT2D eigenvalue weighted by molar-refractivity contribution is -0.133. The lowest BCUT2D eigenvalue weighted by Crippen LogP contribution is -2.52. The summed E-state index contributed by atoms with van der Waals surface area (Å²) < 4.78 is 0. The Labute approximate surface area is 111 Å². The second-order valence-electron chi connectivity index (χ2n) is 6.03. The van der Waals surface area contributed by atoms with Crippen molar-refractivity contribution in [2.45, 2.75) is 44.6 Å². The highest BCUT2D eigenvalue weighted by molar-refractivity contribution is 5.78. The van der Waals surface area contributed by atoms with Gasteiger partial charge in [-0.1, -0.05) is 0 Å². The van der Waals surface area contributed by atoms with E-state index in [2.05, 4.69) is 22.0 Å². The van der Waals surface area contributed by atoms with E-state index >= 15 is 0 Å². The van der Waals surface area contributed by atoms with Crippen molar-refractivity contribution < 1.29 is 4.79 Å². The average Bonchev–Trinajstić information content (AvgIpc) is 2.42. The van der Waals surface area contributed by atoms with E-state index in [1.807, 2.05) is 7.05 Å². The van der Waals surface area contributed by atoms with Crippen LogP contribution < -0.4 is 5.32 Å². The number of carbonyl (C=O) groups excluding carboxylic acids is 1. The Kier molecular flexibility index (Phi) is 4.62. The molecule has 2 aliphatic rings. The summed E-state index contributed by atoms with van der Waals surface area (Å²) in [6.07, 6.45) is 5.93. The van der Waals surface area contributed by atoms with Crippen molar-refractivity contribution in [2.75, 3.05) is 39.8 Å². The molecule has 0 aromatic heterocycles. The molecular weight excluding hydrogens is 226 g/mol. The molecule has 1 amide bonds. The van der Waals surface area contributed by atoms with Gasteiger partial charge in [-0.25, -0.2) is 0 Å². The van der Waals surface area contributed by atoms with Crippen LogP contribution in [0.3, 0.4) is 0 Å². The van der Waals surface area contributed by atoms with E-state index in [-0.39, 0.29) is 5.54 Å². The fourth-order valence-electron chi connectivity index (χ4n) is 2.89. The first kappa shape index (κ1) is 13.8. The first-order valence-corrected chi connectivity index (χ1v) is 7.32. The van der Waals surface area contributed by atoms with Gasteiger partial charge in [-0.15, -0.1) is 0 Å². The molecule has 0 aromatic carbocycles. The van der Waals surface area contributed by atoms with Crippen LogP contribution in [-0.4, -0.2) is 61.0 Å². The van der Waals surface area contributed by atoms with Crippen LogP contribution in [0.5, 0.6) is 0 Å². The van der Waals surface area contributed by atoms with Gasteiger partial charge >= 0.3 is 0 Å². The number of nitrogens with one attached hydrogen (secondary N) is 1. The predicted molar refractivity (Wildman–Crippen MR) is 73.6 cm³/mol. The Balaban J connectivity index is 1.75. The van der Waals surface area contributed by atoms with Gasteiger partial charge in [0.05, 0.1) is 6.54 Å². The molecule has 2 aliphatic heterocycles. The molecule has 0 spiro atoms.